The molecule has 0 saturated carbocycles. The summed E-state index contributed by atoms with van der Waals surface area (Å²) >= 11 is 0. The molecule has 0 spiro atoms. The van der Waals surface area contributed by atoms with Gasteiger partial charge in [-0.05, 0) is 49.1 Å². The average Bonchev–Trinajstić information content (AvgIpc) is 3.55. The Morgan fingerprint density at radius 1 is 1.15 bits per heavy atom. The first-order valence-corrected chi connectivity index (χ1v) is 15.7. The molecular weight excluding hydrogens is 514 g/mol. The highest BCUT2D eigenvalue weighted by molar-refractivity contribution is 8.32. The number of fused-ring (bicyclic) bond motifs is 1. The van der Waals surface area contributed by atoms with Gasteiger partial charge in [-0.3, -0.25) is 4.68 Å². The largest absolute Gasteiger partial charge is 0.465 e. The van der Waals surface area contributed by atoms with Crippen molar-refractivity contribution in [3.63, 3.8) is 0 Å². The molecule has 1 aliphatic rings. The number of ether oxygens (including phenoxy) is 2. The van der Waals surface area contributed by atoms with Gasteiger partial charge >= 0.3 is 5.97 Å². The maximum Gasteiger partial charge on any atom is 0.337 e. The second-order valence-corrected chi connectivity index (χ2v) is 15.3. The highest BCUT2D eigenvalue weighted by Crippen LogP contribution is 2.37. The van der Waals surface area contributed by atoms with Crippen LogP contribution in [0.15, 0.2) is 55.2 Å². The van der Waals surface area contributed by atoms with E-state index in [9.17, 15) is 10.1 Å². The van der Waals surface area contributed by atoms with Crippen LogP contribution in [0.1, 0.15) is 16.8 Å². The SMILES string of the molecule is COC(=O)c1ccc(N2CC(CC#N)(n3cc(-c4ncnc5c4ccn5COCCS(C)(C)C)cn3)C2)cc1. The molecule has 0 bridgehead atoms. The van der Waals surface area contributed by atoms with Crippen molar-refractivity contribution in [3.05, 3.63) is 60.8 Å². The van der Waals surface area contributed by atoms with Gasteiger partial charge in [0.25, 0.3) is 0 Å². The third-order valence-electron chi connectivity index (χ3n) is 7.00. The number of carbonyl (C=O) groups excluding carboxylic acids is 1. The Hall–Kier alpha value is -3.88. The first kappa shape index (κ1) is 26.7. The van der Waals surface area contributed by atoms with Crippen molar-refractivity contribution < 1.29 is 14.3 Å². The summed E-state index contributed by atoms with van der Waals surface area (Å²) in [6.07, 6.45) is 14.5. The molecule has 4 aromatic rings. The molecule has 0 atom stereocenters. The normalized spacial score (nSPS) is 15.1. The Morgan fingerprint density at radius 2 is 1.92 bits per heavy atom. The molecule has 0 radical (unpaired) electrons. The van der Waals surface area contributed by atoms with E-state index in [0.717, 1.165) is 40.3 Å². The van der Waals surface area contributed by atoms with Crippen LogP contribution in [0.3, 0.4) is 0 Å². The molecule has 0 amide bonds. The van der Waals surface area contributed by atoms with Crippen LogP contribution in [0.2, 0.25) is 0 Å². The standard InChI is InChI=1S/C28H33N7O3S/c1-37-27(36)21-5-7-23(8-6-21)34-17-28(18-34,10-11-29)35-16-22(15-32-35)25-24-9-12-33(26(24)31-19-30-25)20-38-13-14-39(2,3)4/h5-9,12,15-16,19H,10,13-14,17-18,20H2,1-4H3. The van der Waals surface area contributed by atoms with E-state index >= 15 is 0 Å². The van der Waals surface area contributed by atoms with E-state index in [4.69, 9.17) is 9.47 Å². The minimum absolute atomic E-state index is 0.327. The number of nitriles is 1. The predicted octanol–water partition coefficient (Wildman–Crippen LogP) is 3.88. The second-order valence-electron chi connectivity index (χ2n) is 10.7. The number of hydrogen-bond donors (Lipinski definition) is 0. The van der Waals surface area contributed by atoms with Crippen LogP contribution in [-0.4, -0.2) is 81.6 Å². The van der Waals surface area contributed by atoms with E-state index < -0.39 is 15.6 Å². The monoisotopic (exact) mass is 547 g/mol. The lowest BCUT2D eigenvalue weighted by Crippen LogP contribution is -2.63. The fourth-order valence-electron chi connectivity index (χ4n) is 4.77. The summed E-state index contributed by atoms with van der Waals surface area (Å²) in [6.45, 7) is 2.41. The van der Waals surface area contributed by atoms with Crippen molar-refractivity contribution in [2.45, 2.75) is 18.7 Å². The quantitative estimate of drug-likeness (QED) is 0.217. The fourth-order valence-corrected chi connectivity index (χ4v) is 5.39. The zero-order valence-electron chi connectivity index (χ0n) is 22.7. The van der Waals surface area contributed by atoms with Crippen molar-refractivity contribution in [1.29, 1.82) is 5.26 Å². The minimum Gasteiger partial charge on any atom is -0.465 e. The number of esters is 1. The number of nitrogens with zero attached hydrogens (tertiary/aromatic N) is 7. The Bertz CT molecular complexity index is 1510. The van der Waals surface area contributed by atoms with Crippen LogP contribution in [0.5, 0.6) is 0 Å². The van der Waals surface area contributed by atoms with E-state index in [2.05, 4.69) is 44.8 Å². The first-order valence-electron chi connectivity index (χ1n) is 12.6. The van der Waals surface area contributed by atoms with Crippen molar-refractivity contribution in [3.8, 4) is 17.3 Å². The number of hydrogen-bond acceptors (Lipinski definition) is 8. The van der Waals surface area contributed by atoms with Crippen LogP contribution in [0, 0.1) is 11.3 Å². The molecule has 1 aliphatic heterocycles. The summed E-state index contributed by atoms with van der Waals surface area (Å²) in [6, 6.07) is 11.6. The molecule has 0 N–H and O–H groups in total. The van der Waals surface area contributed by atoms with E-state index in [-0.39, 0.29) is 5.97 Å². The van der Waals surface area contributed by atoms with Gasteiger partial charge in [0, 0.05) is 47.9 Å². The van der Waals surface area contributed by atoms with E-state index in [1.54, 1.807) is 24.7 Å². The zero-order chi connectivity index (χ0) is 27.6. The second kappa shape index (κ2) is 10.7. The van der Waals surface area contributed by atoms with Crippen LogP contribution in [0.25, 0.3) is 22.3 Å². The number of benzene rings is 1. The lowest BCUT2D eigenvalue weighted by atomic mass is 9.86. The van der Waals surface area contributed by atoms with Gasteiger partial charge in [0.05, 0.1) is 43.7 Å². The number of anilines is 1. The lowest BCUT2D eigenvalue weighted by Gasteiger charge is -2.50. The van der Waals surface area contributed by atoms with Crippen molar-refractivity contribution in [1.82, 2.24) is 24.3 Å². The van der Waals surface area contributed by atoms with Crippen LogP contribution < -0.4 is 4.90 Å². The molecule has 4 heterocycles. The third kappa shape index (κ3) is 5.48. The van der Waals surface area contributed by atoms with Gasteiger partial charge in [0.2, 0.25) is 0 Å². The van der Waals surface area contributed by atoms with Gasteiger partial charge in [0.1, 0.15) is 24.2 Å². The topological polar surface area (TPSA) is 111 Å². The Morgan fingerprint density at radius 3 is 2.62 bits per heavy atom. The summed E-state index contributed by atoms with van der Waals surface area (Å²) in [5.74, 6) is 0.697. The lowest BCUT2D eigenvalue weighted by molar-refractivity contribution is 0.0600. The van der Waals surface area contributed by atoms with Crippen LogP contribution in [-0.2, 0) is 21.7 Å². The van der Waals surface area contributed by atoms with Gasteiger partial charge in [-0.25, -0.2) is 24.8 Å². The third-order valence-corrected chi connectivity index (χ3v) is 8.39. The molecular formula is C28H33N7O3S. The summed E-state index contributed by atoms with van der Waals surface area (Å²) in [5, 5.41) is 15.2. The molecule has 1 fully saturated rings. The summed E-state index contributed by atoms with van der Waals surface area (Å²) < 4.78 is 14.6. The Kier molecular flexibility index (Phi) is 7.34. The maximum absolute atomic E-state index is 11.7. The van der Waals surface area contributed by atoms with Crippen LogP contribution in [0.4, 0.5) is 5.69 Å². The van der Waals surface area contributed by atoms with E-state index in [1.165, 1.54) is 7.11 Å². The van der Waals surface area contributed by atoms with Gasteiger partial charge in [-0.15, -0.1) is 0 Å². The number of carbonyl (C=O) groups is 1. The molecule has 1 aromatic carbocycles. The van der Waals surface area contributed by atoms with E-state index in [1.807, 2.05) is 39.8 Å². The molecule has 1 saturated heterocycles. The highest BCUT2D eigenvalue weighted by atomic mass is 32.3. The van der Waals surface area contributed by atoms with Gasteiger partial charge < -0.3 is 18.9 Å². The van der Waals surface area contributed by atoms with Gasteiger partial charge in [-0.1, -0.05) is 0 Å². The summed E-state index contributed by atoms with van der Waals surface area (Å²) in [5.41, 5.74) is 3.52. The molecule has 11 heteroatoms. The van der Waals surface area contributed by atoms with Crippen molar-refractivity contribution >= 4 is 32.7 Å². The van der Waals surface area contributed by atoms with Crippen molar-refractivity contribution in [2.24, 2.45) is 0 Å². The van der Waals surface area contributed by atoms with Crippen molar-refractivity contribution in [2.75, 3.05) is 56.2 Å². The van der Waals surface area contributed by atoms with Crippen LogP contribution >= 0.6 is 10.0 Å². The maximum atomic E-state index is 11.7. The first-order chi connectivity index (χ1) is 18.7. The highest BCUT2D eigenvalue weighted by Gasteiger charge is 2.45. The van der Waals surface area contributed by atoms with Gasteiger partial charge in [-0.2, -0.15) is 10.4 Å². The smallest absolute Gasteiger partial charge is 0.337 e. The zero-order valence-corrected chi connectivity index (χ0v) is 23.5. The molecule has 10 nitrogen and oxygen atoms in total. The molecule has 39 heavy (non-hydrogen) atoms. The molecule has 204 valence electrons. The van der Waals surface area contributed by atoms with E-state index in [0.29, 0.717) is 31.8 Å². The van der Waals surface area contributed by atoms with Gasteiger partial charge in [0.15, 0.2) is 0 Å². The Balaban J connectivity index is 1.32. The average molecular weight is 548 g/mol. The Labute approximate surface area is 229 Å². The molecule has 0 aliphatic carbocycles. The number of methoxy groups -OCH3 is 1. The molecule has 5 rings (SSSR count). The molecule has 3 aromatic heterocycles. The summed E-state index contributed by atoms with van der Waals surface area (Å²) in [7, 11) is 0.771. The molecule has 0 unspecified atom stereocenters. The predicted molar refractivity (Wildman–Crippen MR) is 153 cm³/mol. The fraction of sp³-hybridized carbons (Fsp3) is 0.393. The minimum atomic E-state index is -0.596. The number of rotatable bonds is 10. The number of aromatic nitrogens is 5. The summed E-state index contributed by atoms with van der Waals surface area (Å²) in [4.78, 5) is 23.0.